The summed E-state index contributed by atoms with van der Waals surface area (Å²) in [5.74, 6) is -1.85. The number of nitrogens with two attached hydrogens (primary N) is 1. The molecule has 1 heterocycles. The lowest BCUT2D eigenvalue weighted by Gasteiger charge is -1.99. The Labute approximate surface area is 83.9 Å². The number of nitrogens with one attached hydrogen (secondary N) is 1. The summed E-state index contributed by atoms with van der Waals surface area (Å²) in [4.78, 5) is 22.3. The normalized spacial score (nSPS) is 9.86. The minimum atomic E-state index is -0.660. The highest BCUT2D eigenvalue weighted by molar-refractivity contribution is 7.14. The van der Waals surface area contributed by atoms with Crippen LogP contribution in [0.25, 0.3) is 0 Å². The molecule has 0 saturated carbocycles. The monoisotopic (exact) mass is 216 g/mol. The first kappa shape index (κ1) is 10.6. The van der Waals surface area contributed by atoms with Gasteiger partial charge in [0.05, 0.1) is 6.54 Å². The molecule has 0 atom stereocenters. The lowest BCUT2D eigenvalue weighted by atomic mass is 10.4. The summed E-state index contributed by atoms with van der Waals surface area (Å²) >= 11 is 1.03. The van der Waals surface area contributed by atoms with Crippen LogP contribution < -0.4 is 11.1 Å². The van der Waals surface area contributed by atoms with E-state index >= 15 is 0 Å². The Kier molecular flexibility index (Phi) is 3.19. The average Bonchev–Trinajstić information content (AvgIpc) is 2.41. The zero-order chi connectivity index (χ0) is 10.7. The predicted molar refractivity (Wildman–Crippen MR) is 50.5 cm³/mol. The highest BCUT2D eigenvalue weighted by atomic mass is 32.1. The molecule has 6 heteroatoms. The second-order valence-electron chi connectivity index (χ2n) is 2.68. The Morgan fingerprint density at radius 1 is 1.64 bits per heavy atom. The molecule has 0 radical (unpaired) electrons. The quantitative estimate of drug-likeness (QED) is 0.768. The molecule has 0 aliphatic rings. The molecule has 2 amide bonds. The van der Waals surface area contributed by atoms with Crippen LogP contribution in [0, 0.1) is 12.7 Å². The maximum atomic E-state index is 13.0. The molecule has 0 aliphatic heterocycles. The van der Waals surface area contributed by atoms with Gasteiger partial charge in [-0.15, -0.1) is 11.3 Å². The Morgan fingerprint density at radius 3 is 2.71 bits per heavy atom. The van der Waals surface area contributed by atoms with Gasteiger partial charge in [0.2, 0.25) is 5.91 Å². The second kappa shape index (κ2) is 4.19. The van der Waals surface area contributed by atoms with Gasteiger partial charge < -0.3 is 11.1 Å². The molecular weight excluding hydrogens is 207 g/mol. The van der Waals surface area contributed by atoms with Gasteiger partial charge in [-0.3, -0.25) is 9.59 Å². The number of carbonyl (C=O) groups is 2. The molecule has 1 rings (SSSR count). The summed E-state index contributed by atoms with van der Waals surface area (Å²) in [6, 6.07) is 1.27. The van der Waals surface area contributed by atoms with Crippen molar-refractivity contribution < 1.29 is 14.0 Å². The van der Waals surface area contributed by atoms with Gasteiger partial charge in [-0.05, 0) is 13.0 Å². The third kappa shape index (κ3) is 2.53. The van der Waals surface area contributed by atoms with Crippen molar-refractivity contribution in [3.05, 3.63) is 21.6 Å². The smallest absolute Gasteiger partial charge is 0.264 e. The van der Waals surface area contributed by atoms with Crippen molar-refractivity contribution in [3.8, 4) is 0 Å². The minimum absolute atomic E-state index is 0.0243. The van der Waals surface area contributed by atoms with Crippen LogP contribution in [0.4, 0.5) is 4.39 Å². The number of amides is 2. The summed E-state index contributed by atoms with van der Waals surface area (Å²) in [5, 5.41) is 2.21. The van der Waals surface area contributed by atoms with E-state index in [0.29, 0.717) is 4.88 Å². The third-order valence-corrected chi connectivity index (χ3v) is 2.46. The van der Waals surface area contributed by atoms with Crippen LogP contribution in [0.1, 0.15) is 14.5 Å². The number of primary amides is 1. The maximum Gasteiger partial charge on any atom is 0.264 e. The fourth-order valence-corrected chi connectivity index (χ4v) is 1.69. The van der Waals surface area contributed by atoms with Crippen molar-refractivity contribution in [1.29, 1.82) is 0 Å². The summed E-state index contributed by atoms with van der Waals surface area (Å²) in [6.07, 6.45) is 0. The van der Waals surface area contributed by atoms with Crippen LogP contribution in [0.15, 0.2) is 6.07 Å². The number of rotatable bonds is 3. The van der Waals surface area contributed by atoms with Gasteiger partial charge in [0.1, 0.15) is 10.7 Å². The number of thiophene rings is 1. The zero-order valence-electron chi connectivity index (χ0n) is 7.46. The second-order valence-corrected chi connectivity index (χ2v) is 3.94. The van der Waals surface area contributed by atoms with Gasteiger partial charge in [-0.1, -0.05) is 0 Å². The van der Waals surface area contributed by atoms with Crippen LogP contribution in [0.3, 0.4) is 0 Å². The number of aryl methyl sites for hydroxylation is 1. The Bertz CT molecular complexity index is 375. The zero-order valence-corrected chi connectivity index (χ0v) is 8.28. The molecule has 3 N–H and O–H groups in total. The molecule has 0 aromatic carbocycles. The first-order valence-electron chi connectivity index (χ1n) is 3.83. The first-order valence-corrected chi connectivity index (χ1v) is 4.65. The van der Waals surface area contributed by atoms with Crippen molar-refractivity contribution >= 4 is 23.2 Å². The van der Waals surface area contributed by atoms with Crippen molar-refractivity contribution in [2.45, 2.75) is 6.92 Å². The fourth-order valence-electron chi connectivity index (χ4n) is 0.886. The van der Waals surface area contributed by atoms with Crippen LogP contribution in [-0.4, -0.2) is 18.4 Å². The number of halogens is 1. The van der Waals surface area contributed by atoms with E-state index in [0.717, 1.165) is 11.3 Å². The SMILES string of the molecule is Cc1cc(F)c(C(=O)NCC(N)=O)s1. The van der Waals surface area contributed by atoms with Gasteiger partial charge in [-0.2, -0.15) is 0 Å². The van der Waals surface area contributed by atoms with E-state index in [4.69, 9.17) is 5.73 Å². The highest BCUT2D eigenvalue weighted by Gasteiger charge is 2.14. The van der Waals surface area contributed by atoms with Crippen molar-refractivity contribution in [2.75, 3.05) is 6.54 Å². The molecule has 1 aromatic heterocycles. The van der Waals surface area contributed by atoms with E-state index in [1.165, 1.54) is 6.07 Å². The molecule has 14 heavy (non-hydrogen) atoms. The summed E-state index contributed by atoms with van der Waals surface area (Å²) in [7, 11) is 0. The first-order chi connectivity index (χ1) is 6.50. The molecule has 76 valence electrons. The minimum Gasteiger partial charge on any atom is -0.368 e. The summed E-state index contributed by atoms with van der Waals surface area (Å²) in [6.45, 7) is 1.41. The van der Waals surface area contributed by atoms with Crippen LogP contribution in [0.2, 0.25) is 0 Å². The molecule has 4 nitrogen and oxygen atoms in total. The lowest BCUT2D eigenvalue weighted by Crippen LogP contribution is -2.33. The Hall–Kier alpha value is -1.43. The van der Waals surface area contributed by atoms with E-state index in [1.807, 2.05) is 0 Å². The molecule has 0 bridgehead atoms. The van der Waals surface area contributed by atoms with Gasteiger partial charge in [0, 0.05) is 4.88 Å². The molecule has 0 aliphatic carbocycles. The Morgan fingerprint density at radius 2 is 2.29 bits per heavy atom. The van der Waals surface area contributed by atoms with E-state index < -0.39 is 17.6 Å². The molecule has 0 saturated heterocycles. The van der Waals surface area contributed by atoms with Gasteiger partial charge in [0.25, 0.3) is 5.91 Å². The molecule has 0 spiro atoms. The van der Waals surface area contributed by atoms with Gasteiger partial charge >= 0.3 is 0 Å². The average molecular weight is 216 g/mol. The molecule has 1 aromatic rings. The van der Waals surface area contributed by atoms with Gasteiger partial charge in [0.15, 0.2) is 0 Å². The van der Waals surface area contributed by atoms with Crippen molar-refractivity contribution in [3.63, 3.8) is 0 Å². The number of hydrogen-bond donors (Lipinski definition) is 2. The van der Waals surface area contributed by atoms with Crippen LogP contribution in [-0.2, 0) is 4.79 Å². The van der Waals surface area contributed by atoms with E-state index in [9.17, 15) is 14.0 Å². The Balaban J connectivity index is 2.69. The summed E-state index contributed by atoms with van der Waals surface area (Å²) in [5.41, 5.74) is 4.82. The van der Waals surface area contributed by atoms with Gasteiger partial charge in [-0.25, -0.2) is 4.39 Å². The molecule has 0 fully saturated rings. The van der Waals surface area contributed by atoms with Crippen LogP contribution in [0.5, 0.6) is 0 Å². The van der Waals surface area contributed by atoms with E-state index in [1.54, 1.807) is 6.92 Å². The third-order valence-electron chi connectivity index (χ3n) is 1.44. The van der Waals surface area contributed by atoms with Crippen LogP contribution >= 0.6 is 11.3 Å². The highest BCUT2D eigenvalue weighted by Crippen LogP contribution is 2.19. The van der Waals surface area contributed by atoms with E-state index in [2.05, 4.69) is 5.32 Å². The molecule has 0 unspecified atom stereocenters. The number of hydrogen-bond acceptors (Lipinski definition) is 3. The van der Waals surface area contributed by atoms with Crippen molar-refractivity contribution in [1.82, 2.24) is 5.32 Å². The maximum absolute atomic E-state index is 13.0. The molecular formula is C8H9FN2O2S. The number of carbonyl (C=O) groups excluding carboxylic acids is 2. The standard InChI is InChI=1S/C8H9FN2O2S/c1-4-2-5(9)7(14-4)8(13)11-3-6(10)12/h2H,3H2,1H3,(H2,10,12)(H,11,13). The van der Waals surface area contributed by atoms with E-state index in [-0.39, 0.29) is 11.4 Å². The fraction of sp³-hybridized carbons (Fsp3) is 0.250. The topological polar surface area (TPSA) is 72.2 Å². The summed E-state index contributed by atoms with van der Waals surface area (Å²) < 4.78 is 13.0. The largest absolute Gasteiger partial charge is 0.368 e. The predicted octanol–water partition coefficient (Wildman–Crippen LogP) is 0.411. The van der Waals surface area contributed by atoms with Crippen molar-refractivity contribution in [2.24, 2.45) is 5.73 Å². The lowest BCUT2D eigenvalue weighted by molar-refractivity contribution is -0.117.